The molecule has 6 heteroatoms. The van der Waals surface area contributed by atoms with Crippen LogP contribution in [0.3, 0.4) is 0 Å². The number of methoxy groups -OCH3 is 1. The molecule has 0 aromatic heterocycles. The Labute approximate surface area is 142 Å². The van der Waals surface area contributed by atoms with Crippen molar-refractivity contribution in [2.45, 2.75) is 12.5 Å². The van der Waals surface area contributed by atoms with Crippen LogP contribution < -0.4 is 15.0 Å². The third kappa shape index (κ3) is 2.94. The maximum absolute atomic E-state index is 12.7. The van der Waals surface area contributed by atoms with Gasteiger partial charge in [-0.1, -0.05) is 24.3 Å². The minimum atomic E-state index is -0.592. The van der Waals surface area contributed by atoms with E-state index in [-0.39, 0.29) is 18.2 Å². The number of anilines is 2. The van der Waals surface area contributed by atoms with Crippen molar-refractivity contribution in [3.8, 4) is 5.75 Å². The van der Waals surface area contributed by atoms with Crippen LogP contribution in [0.15, 0.2) is 53.0 Å². The van der Waals surface area contributed by atoms with Crippen LogP contribution in [0.1, 0.15) is 6.42 Å². The molecule has 2 amide bonds. The maximum atomic E-state index is 12.7. The van der Waals surface area contributed by atoms with Crippen molar-refractivity contribution >= 4 is 39.1 Å². The van der Waals surface area contributed by atoms with Crippen molar-refractivity contribution in [1.82, 2.24) is 0 Å². The molecule has 1 fully saturated rings. The highest BCUT2D eigenvalue weighted by atomic mass is 79.9. The number of amides is 2. The van der Waals surface area contributed by atoms with Gasteiger partial charge in [-0.2, -0.15) is 0 Å². The third-order valence-corrected chi connectivity index (χ3v) is 4.37. The van der Waals surface area contributed by atoms with Gasteiger partial charge in [-0.15, -0.1) is 0 Å². The predicted molar refractivity (Wildman–Crippen MR) is 91.7 cm³/mol. The lowest BCUT2D eigenvalue weighted by Crippen LogP contribution is -2.35. The van der Waals surface area contributed by atoms with E-state index in [0.29, 0.717) is 11.4 Å². The van der Waals surface area contributed by atoms with E-state index in [0.717, 1.165) is 10.2 Å². The van der Waals surface area contributed by atoms with Gasteiger partial charge in [-0.05, 0) is 40.2 Å². The highest BCUT2D eigenvalue weighted by molar-refractivity contribution is 9.10. The lowest BCUT2D eigenvalue weighted by molar-refractivity contribution is -0.121. The first kappa shape index (κ1) is 15.6. The Kier molecular flexibility index (Phi) is 4.34. The molecule has 118 valence electrons. The molecule has 1 N–H and O–H groups in total. The van der Waals surface area contributed by atoms with E-state index in [1.165, 1.54) is 12.0 Å². The van der Waals surface area contributed by atoms with Crippen LogP contribution in [0, 0.1) is 0 Å². The minimum absolute atomic E-state index is 0.109. The molecule has 0 radical (unpaired) electrons. The second-order valence-electron chi connectivity index (χ2n) is 5.12. The molecule has 23 heavy (non-hydrogen) atoms. The van der Waals surface area contributed by atoms with Gasteiger partial charge in [0.15, 0.2) is 0 Å². The van der Waals surface area contributed by atoms with Gasteiger partial charge in [0, 0.05) is 10.2 Å². The normalized spacial score (nSPS) is 17.5. The standard InChI is InChI=1S/C17H15BrN2O3/c1-23-15-9-5-4-8-14(15)20-16(21)10-13(17(20)22)19-12-7-3-2-6-11(12)18/h2-9,13,19H,10H2,1H3/t13-/m1/s1. The number of ether oxygens (including phenoxy) is 1. The van der Waals surface area contributed by atoms with Crippen LogP contribution in [-0.4, -0.2) is 25.0 Å². The van der Waals surface area contributed by atoms with Gasteiger partial charge in [0.05, 0.1) is 19.2 Å². The summed E-state index contributed by atoms with van der Waals surface area (Å²) < 4.78 is 6.10. The van der Waals surface area contributed by atoms with E-state index in [1.54, 1.807) is 24.3 Å². The zero-order valence-electron chi connectivity index (χ0n) is 12.5. The van der Waals surface area contributed by atoms with Crippen LogP contribution in [0.25, 0.3) is 0 Å². The number of imide groups is 1. The molecule has 1 atom stereocenters. The van der Waals surface area contributed by atoms with E-state index in [1.807, 2.05) is 24.3 Å². The number of hydrogen-bond donors (Lipinski definition) is 1. The second kappa shape index (κ2) is 6.42. The van der Waals surface area contributed by atoms with Crippen LogP contribution in [0.5, 0.6) is 5.75 Å². The van der Waals surface area contributed by atoms with Gasteiger partial charge in [-0.25, -0.2) is 4.90 Å². The van der Waals surface area contributed by atoms with Crippen LogP contribution in [0.2, 0.25) is 0 Å². The van der Waals surface area contributed by atoms with Gasteiger partial charge in [0.2, 0.25) is 5.91 Å². The average Bonchev–Trinajstić information content (AvgIpc) is 2.83. The summed E-state index contributed by atoms with van der Waals surface area (Å²) in [6.45, 7) is 0. The van der Waals surface area contributed by atoms with Gasteiger partial charge in [0.1, 0.15) is 11.8 Å². The third-order valence-electron chi connectivity index (χ3n) is 3.68. The van der Waals surface area contributed by atoms with Crippen molar-refractivity contribution in [3.05, 3.63) is 53.0 Å². The molecule has 1 heterocycles. The summed E-state index contributed by atoms with van der Waals surface area (Å²) in [7, 11) is 1.51. The Morgan fingerprint density at radius 1 is 1.13 bits per heavy atom. The molecular weight excluding hydrogens is 360 g/mol. The average molecular weight is 375 g/mol. The summed E-state index contributed by atoms with van der Waals surface area (Å²) in [5, 5.41) is 3.13. The van der Waals surface area contributed by atoms with E-state index >= 15 is 0 Å². The first-order valence-corrected chi connectivity index (χ1v) is 7.92. The SMILES string of the molecule is COc1ccccc1N1C(=O)C[C@@H](Nc2ccccc2Br)C1=O. The smallest absolute Gasteiger partial charge is 0.256 e. The molecule has 2 aromatic carbocycles. The summed E-state index contributed by atoms with van der Waals surface area (Å²) in [4.78, 5) is 26.2. The lowest BCUT2D eigenvalue weighted by atomic mass is 10.2. The Hall–Kier alpha value is -2.34. The molecule has 0 aliphatic carbocycles. The second-order valence-corrected chi connectivity index (χ2v) is 5.97. The summed E-state index contributed by atoms with van der Waals surface area (Å²) in [6, 6.07) is 13.9. The zero-order valence-corrected chi connectivity index (χ0v) is 14.0. The molecule has 0 unspecified atom stereocenters. The van der Waals surface area contributed by atoms with E-state index < -0.39 is 6.04 Å². The molecule has 0 spiro atoms. The van der Waals surface area contributed by atoms with E-state index in [2.05, 4.69) is 21.2 Å². The van der Waals surface area contributed by atoms with E-state index in [4.69, 9.17) is 4.74 Å². The van der Waals surface area contributed by atoms with Gasteiger partial charge < -0.3 is 10.1 Å². The number of halogens is 1. The fraction of sp³-hybridized carbons (Fsp3) is 0.176. The number of nitrogens with zero attached hydrogens (tertiary/aromatic N) is 1. The van der Waals surface area contributed by atoms with Crippen molar-refractivity contribution in [2.75, 3.05) is 17.3 Å². The Morgan fingerprint density at radius 2 is 1.83 bits per heavy atom. The molecule has 1 aliphatic heterocycles. The Morgan fingerprint density at radius 3 is 2.57 bits per heavy atom. The van der Waals surface area contributed by atoms with Crippen molar-refractivity contribution in [1.29, 1.82) is 0 Å². The highest BCUT2D eigenvalue weighted by Crippen LogP contribution is 2.33. The first-order chi connectivity index (χ1) is 11.1. The highest BCUT2D eigenvalue weighted by Gasteiger charge is 2.40. The van der Waals surface area contributed by atoms with E-state index in [9.17, 15) is 9.59 Å². The van der Waals surface area contributed by atoms with Gasteiger partial charge >= 0.3 is 0 Å². The first-order valence-electron chi connectivity index (χ1n) is 7.12. The quantitative estimate of drug-likeness (QED) is 0.834. The molecule has 2 aromatic rings. The van der Waals surface area contributed by atoms with Crippen molar-refractivity contribution in [3.63, 3.8) is 0 Å². The lowest BCUT2D eigenvalue weighted by Gasteiger charge is -2.18. The number of rotatable bonds is 4. The molecule has 5 nitrogen and oxygen atoms in total. The maximum Gasteiger partial charge on any atom is 0.256 e. The Bertz CT molecular complexity index is 763. The molecule has 0 bridgehead atoms. The van der Waals surface area contributed by atoms with Crippen LogP contribution in [0.4, 0.5) is 11.4 Å². The summed E-state index contributed by atoms with van der Waals surface area (Å²) in [5.41, 5.74) is 1.25. The van der Waals surface area contributed by atoms with Crippen LogP contribution >= 0.6 is 15.9 Å². The largest absolute Gasteiger partial charge is 0.495 e. The number of benzene rings is 2. The summed E-state index contributed by atoms with van der Waals surface area (Å²) >= 11 is 3.43. The Balaban J connectivity index is 1.87. The number of carbonyl (C=O) groups is 2. The minimum Gasteiger partial charge on any atom is -0.495 e. The molecule has 1 saturated heterocycles. The topological polar surface area (TPSA) is 58.6 Å². The summed E-state index contributed by atoms with van der Waals surface area (Å²) in [6.07, 6.45) is 0.109. The van der Waals surface area contributed by atoms with Crippen molar-refractivity contribution < 1.29 is 14.3 Å². The fourth-order valence-electron chi connectivity index (χ4n) is 2.58. The number of hydrogen-bond acceptors (Lipinski definition) is 4. The predicted octanol–water partition coefficient (Wildman–Crippen LogP) is 3.20. The molecule has 3 rings (SSSR count). The zero-order chi connectivity index (χ0) is 16.4. The monoisotopic (exact) mass is 374 g/mol. The number of para-hydroxylation sites is 3. The molecule has 0 saturated carbocycles. The number of carbonyl (C=O) groups excluding carboxylic acids is 2. The van der Waals surface area contributed by atoms with Gasteiger partial charge in [0.25, 0.3) is 5.91 Å². The van der Waals surface area contributed by atoms with Crippen molar-refractivity contribution in [2.24, 2.45) is 0 Å². The van der Waals surface area contributed by atoms with Crippen LogP contribution in [-0.2, 0) is 9.59 Å². The summed E-state index contributed by atoms with van der Waals surface area (Å²) in [5.74, 6) is -0.0324. The fourth-order valence-corrected chi connectivity index (χ4v) is 2.98. The molecular formula is C17H15BrN2O3. The number of nitrogens with one attached hydrogen (secondary N) is 1. The van der Waals surface area contributed by atoms with Gasteiger partial charge in [-0.3, -0.25) is 9.59 Å². The molecule has 1 aliphatic rings.